The molecule has 0 aliphatic rings. The molecule has 0 unspecified atom stereocenters. The van der Waals surface area contributed by atoms with Crippen LogP contribution in [-0.2, 0) is 27.4 Å². The van der Waals surface area contributed by atoms with Crippen LogP contribution in [0.15, 0.2) is 6.20 Å². The molecular formula is C11H18FN3O3. The van der Waals surface area contributed by atoms with Gasteiger partial charge in [-0.1, -0.05) is 5.21 Å². The maximum absolute atomic E-state index is 11.8. The molecule has 0 fully saturated rings. The lowest BCUT2D eigenvalue weighted by Gasteiger charge is -2.00. The molecule has 0 atom stereocenters. The van der Waals surface area contributed by atoms with Crippen molar-refractivity contribution in [2.45, 2.75) is 26.5 Å². The maximum Gasteiger partial charge on any atom is 0.132 e. The summed E-state index contributed by atoms with van der Waals surface area (Å²) < 4.78 is 23.6. The lowest BCUT2D eigenvalue weighted by molar-refractivity contribution is -0.118. The van der Waals surface area contributed by atoms with Gasteiger partial charge in [0.05, 0.1) is 39.2 Å². The number of carbonyl (C=O) groups excluding carboxylic acids is 1. The zero-order valence-electron chi connectivity index (χ0n) is 10.5. The Hall–Kier alpha value is -1.34. The van der Waals surface area contributed by atoms with Crippen molar-refractivity contribution in [1.29, 1.82) is 0 Å². The predicted molar refractivity (Wildman–Crippen MR) is 61.8 cm³/mol. The molecule has 0 spiro atoms. The standard InChI is InChI=1S/C11H18FN3O3/c1-10(16)2-5-18-9-11-8-15(14-13-11)4-7-17-6-3-12/h8H,2-7,9H2,1H3/i12-1. The number of rotatable bonds is 10. The van der Waals surface area contributed by atoms with Gasteiger partial charge >= 0.3 is 0 Å². The summed E-state index contributed by atoms with van der Waals surface area (Å²) in [4.78, 5) is 10.7. The molecular weight excluding hydrogens is 240 g/mol. The highest BCUT2D eigenvalue weighted by Gasteiger charge is 2.01. The van der Waals surface area contributed by atoms with Crippen molar-refractivity contribution in [2.75, 3.05) is 26.5 Å². The van der Waals surface area contributed by atoms with Gasteiger partial charge in [-0.25, -0.2) is 9.07 Å². The third-order valence-electron chi connectivity index (χ3n) is 2.12. The van der Waals surface area contributed by atoms with Gasteiger partial charge < -0.3 is 9.47 Å². The van der Waals surface area contributed by atoms with Gasteiger partial charge in [-0.3, -0.25) is 4.79 Å². The van der Waals surface area contributed by atoms with E-state index in [1.807, 2.05) is 0 Å². The van der Waals surface area contributed by atoms with Gasteiger partial charge in [0.2, 0.25) is 0 Å². The van der Waals surface area contributed by atoms with Crippen LogP contribution >= 0.6 is 0 Å². The number of ketones is 1. The van der Waals surface area contributed by atoms with E-state index in [9.17, 15) is 9.18 Å². The van der Waals surface area contributed by atoms with E-state index in [4.69, 9.17) is 9.47 Å². The lowest BCUT2D eigenvalue weighted by atomic mass is 10.3. The summed E-state index contributed by atoms with van der Waals surface area (Å²) in [5.74, 6) is 0.101. The van der Waals surface area contributed by atoms with Crippen LogP contribution in [0.1, 0.15) is 19.0 Å². The molecule has 1 heterocycles. The van der Waals surface area contributed by atoms with E-state index in [1.54, 1.807) is 10.9 Å². The van der Waals surface area contributed by atoms with Crippen LogP contribution in [0, 0.1) is 0 Å². The Bertz CT molecular complexity index is 357. The molecule has 0 saturated carbocycles. The third kappa shape index (κ3) is 6.41. The minimum atomic E-state index is -0.480. The molecule has 1 rings (SSSR count). The number of hydrogen-bond donors (Lipinski definition) is 0. The molecule has 6 nitrogen and oxygen atoms in total. The molecule has 0 radical (unpaired) electrons. The lowest BCUT2D eigenvalue weighted by Crippen LogP contribution is -2.08. The first-order chi connectivity index (χ1) is 8.72. The van der Waals surface area contributed by atoms with E-state index in [2.05, 4.69) is 10.3 Å². The SMILES string of the molecule is CC(=O)CCOCc1cn(CCOCC[18F])nn1. The minimum absolute atomic E-state index is 0.101. The third-order valence-corrected chi connectivity index (χ3v) is 2.12. The molecule has 0 amide bonds. The van der Waals surface area contributed by atoms with Crippen LogP contribution in [0.4, 0.5) is 4.39 Å². The van der Waals surface area contributed by atoms with Gasteiger partial charge in [0.15, 0.2) is 0 Å². The largest absolute Gasteiger partial charge is 0.377 e. The average Bonchev–Trinajstić information content (AvgIpc) is 2.78. The Morgan fingerprint density at radius 1 is 1.39 bits per heavy atom. The number of nitrogens with zero attached hydrogens (tertiary/aromatic N) is 3. The van der Waals surface area contributed by atoms with Gasteiger partial charge in [-0.05, 0) is 6.92 Å². The van der Waals surface area contributed by atoms with E-state index in [1.165, 1.54) is 6.92 Å². The summed E-state index contributed by atoms with van der Waals surface area (Å²) in [5, 5.41) is 7.78. The molecule has 7 heteroatoms. The fourth-order valence-corrected chi connectivity index (χ4v) is 1.22. The van der Waals surface area contributed by atoms with E-state index >= 15 is 0 Å². The molecule has 0 bridgehead atoms. The van der Waals surface area contributed by atoms with E-state index in [0.29, 0.717) is 38.5 Å². The van der Waals surface area contributed by atoms with Crippen LogP contribution < -0.4 is 0 Å². The van der Waals surface area contributed by atoms with Crippen molar-refractivity contribution in [1.82, 2.24) is 15.0 Å². The van der Waals surface area contributed by atoms with Crippen molar-refractivity contribution in [2.24, 2.45) is 0 Å². The molecule has 0 saturated heterocycles. The average molecular weight is 258 g/mol. The second-order valence-electron chi connectivity index (χ2n) is 3.78. The number of halogens is 1. The predicted octanol–water partition coefficient (Wildman–Crippen LogP) is 0.760. The fraction of sp³-hybridized carbons (Fsp3) is 0.727. The normalized spacial score (nSPS) is 10.8. The van der Waals surface area contributed by atoms with Crippen molar-refractivity contribution >= 4 is 5.78 Å². The minimum Gasteiger partial charge on any atom is -0.377 e. The second kappa shape index (κ2) is 8.71. The van der Waals surface area contributed by atoms with E-state index in [-0.39, 0.29) is 12.4 Å². The molecule has 0 aliphatic carbocycles. The van der Waals surface area contributed by atoms with Crippen LogP contribution in [0.25, 0.3) is 0 Å². The van der Waals surface area contributed by atoms with Gasteiger partial charge in [-0.2, -0.15) is 0 Å². The van der Waals surface area contributed by atoms with Crippen molar-refractivity contribution in [3.05, 3.63) is 11.9 Å². The molecule has 1 aromatic heterocycles. The number of alkyl halides is 1. The summed E-state index contributed by atoms with van der Waals surface area (Å²) in [7, 11) is 0. The maximum atomic E-state index is 11.8. The molecule has 0 N–H and O–H groups in total. The monoisotopic (exact) mass is 258 g/mol. The molecule has 0 aromatic carbocycles. The zero-order chi connectivity index (χ0) is 13.2. The van der Waals surface area contributed by atoms with E-state index < -0.39 is 6.67 Å². The molecule has 102 valence electrons. The molecule has 0 aliphatic heterocycles. The quantitative estimate of drug-likeness (QED) is 0.580. The Kier molecular flexibility index (Phi) is 7.12. The second-order valence-corrected chi connectivity index (χ2v) is 3.78. The van der Waals surface area contributed by atoms with Crippen LogP contribution in [-0.4, -0.2) is 47.3 Å². The number of carbonyl (C=O) groups is 1. The van der Waals surface area contributed by atoms with Gasteiger partial charge in [-0.15, -0.1) is 5.10 Å². The topological polar surface area (TPSA) is 66.2 Å². The number of hydrogen-bond acceptors (Lipinski definition) is 5. The van der Waals surface area contributed by atoms with E-state index in [0.717, 1.165) is 0 Å². The number of aromatic nitrogens is 3. The Labute approximate surface area is 105 Å². The van der Waals surface area contributed by atoms with Crippen molar-refractivity contribution in [3.63, 3.8) is 0 Å². The van der Waals surface area contributed by atoms with Crippen LogP contribution in [0.2, 0.25) is 0 Å². The summed E-state index contributed by atoms with van der Waals surface area (Å²) in [6.45, 7) is 2.80. The van der Waals surface area contributed by atoms with Gasteiger partial charge in [0, 0.05) is 6.42 Å². The highest BCUT2D eigenvalue weighted by molar-refractivity contribution is 5.75. The number of Topliss-reactive ketones (excluding diaryl/α,β-unsaturated/α-hetero) is 1. The summed E-state index contributed by atoms with van der Waals surface area (Å²) in [6, 6.07) is 0. The summed E-state index contributed by atoms with van der Waals surface area (Å²) in [5.41, 5.74) is 0.698. The molecule has 1 aromatic rings. The van der Waals surface area contributed by atoms with Gasteiger partial charge in [0.1, 0.15) is 18.2 Å². The highest BCUT2D eigenvalue weighted by Crippen LogP contribution is 1.97. The first kappa shape index (κ1) is 14.7. The Morgan fingerprint density at radius 3 is 2.94 bits per heavy atom. The van der Waals surface area contributed by atoms with Gasteiger partial charge in [0.25, 0.3) is 0 Å². The summed E-state index contributed by atoms with van der Waals surface area (Å²) >= 11 is 0. The molecule has 18 heavy (non-hydrogen) atoms. The van der Waals surface area contributed by atoms with Crippen LogP contribution in [0.5, 0.6) is 0 Å². The first-order valence-electron chi connectivity index (χ1n) is 5.82. The zero-order valence-corrected chi connectivity index (χ0v) is 10.5. The highest BCUT2D eigenvalue weighted by atomic mass is 18.2. The van der Waals surface area contributed by atoms with Crippen molar-refractivity contribution < 1.29 is 18.7 Å². The smallest absolute Gasteiger partial charge is 0.132 e. The Morgan fingerprint density at radius 2 is 2.22 bits per heavy atom. The van der Waals surface area contributed by atoms with Crippen molar-refractivity contribution in [3.8, 4) is 0 Å². The van der Waals surface area contributed by atoms with Crippen LogP contribution in [0.3, 0.4) is 0 Å². The number of ether oxygens (including phenoxy) is 2. The first-order valence-corrected chi connectivity index (χ1v) is 5.82. The Balaban J connectivity index is 2.15. The summed E-state index contributed by atoms with van der Waals surface area (Å²) in [6.07, 6.45) is 2.15. The fourth-order valence-electron chi connectivity index (χ4n) is 1.22.